The Balaban J connectivity index is 2.13. The minimum absolute atomic E-state index is 0.524. The molecule has 1 aliphatic rings. The first kappa shape index (κ1) is 11.6. The van der Waals surface area contributed by atoms with Crippen LogP contribution in [0.3, 0.4) is 0 Å². The molecule has 0 heterocycles. The van der Waals surface area contributed by atoms with E-state index < -0.39 is 0 Å². The highest BCUT2D eigenvalue weighted by Gasteiger charge is 2.30. The zero-order chi connectivity index (χ0) is 11.4. The van der Waals surface area contributed by atoms with Crippen LogP contribution in [-0.4, -0.2) is 20.3 Å². The van der Waals surface area contributed by atoms with Crippen LogP contribution in [-0.2, 0) is 11.2 Å². The molecule has 2 rings (SSSR count). The molecule has 88 valence electrons. The second-order valence-corrected chi connectivity index (χ2v) is 4.48. The number of ether oxygens (including phenoxy) is 1. The topological polar surface area (TPSA) is 21.3 Å². The first-order chi connectivity index (χ1) is 7.86. The molecule has 0 saturated carbocycles. The van der Waals surface area contributed by atoms with Crippen molar-refractivity contribution in [3.8, 4) is 0 Å². The highest BCUT2D eigenvalue weighted by Crippen LogP contribution is 2.37. The Hall–Kier alpha value is -0.860. The molecule has 16 heavy (non-hydrogen) atoms. The van der Waals surface area contributed by atoms with Crippen molar-refractivity contribution in [1.82, 2.24) is 5.32 Å². The van der Waals surface area contributed by atoms with E-state index in [0.29, 0.717) is 12.0 Å². The lowest BCUT2D eigenvalue weighted by molar-refractivity contribution is 0.169. The summed E-state index contributed by atoms with van der Waals surface area (Å²) in [5.74, 6) is 0.692. The van der Waals surface area contributed by atoms with E-state index in [2.05, 4.69) is 36.5 Å². The predicted octanol–water partition coefficient (Wildman–Crippen LogP) is 2.55. The van der Waals surface area contributed by atoms with Gasteiger partial charge in [0.2, 0.25) is 0 Å². The maximum atomic E-state index is 5.20. The van der Waals surface area contributed by atoms with Gasteiger partial charge in [0.05, 0.1) is 0 Å². The molecule has 1 aromatic rings. The average molecular weight is 219 g/mol. The monoisotopic (exact) mass is 219 g/mol. The van der Waals surface area contributed by atoms with Gasteiger partial charge in [0.1, 0.15) is 0 Å². The van der Waals surface area contributed by atoms with Crippen molar-refractivity contribution in [2.24, 2.45) is 5.92 Å². The van der Waals surface area contributed by atoms with Gasteiger partial charge >= 0.3 is 0 Å². The largest absolute Gasteiger partial charge is 0.385 e. The van der Waals surface area contributed by atoms with E-state index in [1.807, 2.05) is 0 Å². The summed E-state index contributed by atoms with van der Waals surface area (Å²) >= 11 is 0. The zero-order valence-corrected chi connectivity index (χ0v) is 10.2. The zero-order valence-electron chi connectivity index (χ0n) is 10.2. The van der Waals surface area contributed by atoms with Gasteiger partial charge in [0, 0.05) is 19.8 Å². The number of hydrogen-bond acceptors (Lipinski definition) is 2. The van der Waals surface area contributed by atoms with Crippen molar-refractivity contribution < 1.29 is 4.74 Å². The molecule has 0 spiro atoms. The van der Waals surface area contributed by atoms with Gasteiger partial charge in [0.25, 0.3) is 0 Å². The summed E-state index contributed by atoms with van der Waals surface area (Å²) in [4.78, 5) is 0. The average Bonchev–Trinajstić information content (AvgIpc) is 2.66. The fourth-order valence-corrected chi connectivity index (χ4v) is 2.71. The van der Waals surface area contributed by atoms with Gasteiger partial charge in [-0.1, -0.05) is 31.2 Å². The molecule has 0 amide bonds. The molecular formula is C14H21NO. The lowest BCUT2D eigenvalue weighted by Crippen LogP contribution is -2.25. The normalized spacial score (nSPS) is 23.4. The van der Waals surface area contributed by atoms with Crippen molar-refractivity contribution >= 4 is 0 Å². The predicted molar refractivity (Wildman–Crippen MR) is 66.5 cm³/mol. The van der Waals surface area contributed by atoms with Gasteiger partial charge in [-0.2, -0.15) is 0 Å². The van der Waals surface area contributed by atoms with E-state index in [4.69, 9.17) is 4.74 Å². The Morgan fingerprint density at radius 2 is 2.19 bits per heavy atom. The van der Waals surface area contributed by atoms with Gasteiger partial charge in [-0.25, -0.2) is 0 Å². The van der Waals surface area contributed by atoms with E-state index in [-0.39, 0.29) is 0 Å². The summed E-state index contributed by atoms with van der Waals surface area (Å²) in [5, 5.41) is 3.60. The van der Waals surface area contributed by atoms with Gasteiger partial charge in [0.15, 0.2) is 0 Å². The molecule has 0 aromatic heterocycles. The first-order valence-corrected chi connectivity index (χ1v) is 6.17. The summed E-state index contributed by atoms with van der Waals surface area (Å²) in [6, 6.07) is 9.32. The van der Waals surface area contributed by atoms with Crippen LogP contribution in [0.5, 0.6) is 0 Å². The molecule has 1 aliphatic carbocycles. The molecule has 0 bridgehead atoms. The Labute approximate surface area is 98.0 Å². The number of benzene rings is 1. The first-order valence-electron chi connectivity index (χ1n) is 6.17. The second kappa shape index (κ2) is 5.46. The molecule has 2 heteroatoms. The summed E-state index contributed by atoms with van der Waals surface area (Å²) in [6.07, 6.45) is 2.33. The van der Waals surface area contributed by atoms with Crippen LogP contribution < -0.4 is 5.32 Å². The van der Waals surface area contributed by atoms with Gasteiger partial charge in [-0.3, -0.25) is 0 Å². The van der Waals surface area contributed by atoms with Crippen LogP contribution in [0.4, 0.5) is 0 Å². The van der Waals surface area contributed by atoms with E-state index in [9.17, 15) is 0 Å². The van der Waals surface area contributed by atoms with Crippen LogP contribution in [0, 0.1) is 5.92 Å². The molecule has 0 aliphatic heterocycles. The van der Waals surface area contributed by atoms with E-state index in [0.717, 1.165) is 19.6 Å². The van der Waals surface area contributed by atoms with Gasteiger partial charge in [-0.15, -0.1) is 0 Å². The molecule has 0 saturated heterocycles. The fraction of sp³-hybridized carbons (Fsp3) is 0.571. The van der Waals surface area contributed by atoms with Crippen molar-refractivity contribution in [3.63, 3.8) is 0 Å². The third-order valence-electron chi connectivity index (χ3n) is 3.46. The number of methoxy groups -OCH3 is 1. The molecule has 1 aromatic carbocycles. The van der Waals surface area contributed by atoms with Crippen LogP contribution in [0.1, 0.15) is 30.5 Å². The maximum absolute atomic E-state index is 5.20. The van der Waals surface area contributed by atoms with Crippen LogP contribution >= 0.6 is 0 Å². The lowest BCUT2D eigenvalue weighted by atomic mass is 9.97. The maximum Gasteiger partial charge on any atom is 0.0465 e. The van der Waals surface area contributed by atoms with Crippen molar-refractivity contribution in [2.45, 2.75) is 25.8 Å². The smallest absolute Gasteiger partial charge is 0.0465 e. The standard InChI is InChI=1S/C14H21NO/c1-3-15-14-12(8-9-16-2)10-11-6-4-5-7-13(11)14/h4-7,12,14-15H,3,8-10H2,1-2H3. The summed E-state index contributed by atoms with van der Waals surface area (Å²) in [6.45, 7) is 4.07. The van der Waals surface area contributed by atoms with Crippen molar-refractivity contribution in [1.29, 1.82) is 0 Å². The third kappa shape index (κ3) is 2.28. The molecule has 2 unspecified atom stereocenters. The van der Waals surface area contributed by atoms with Crippen molar-refractivity contribution in [3.05, 3.63) is 35.4 Å². The second-order valence-electron chi connectivity index (χ2n) is 4.48. The highest BCUT2D eigenvalue weighted by atomic mass is 16.5. The number of fused-ring (bicyclic) bond motifs is 1. The fourth-order valence-electron chi connectivity index (χ4n) is 2.71. The number of nitrogens with one attached hydrogen (secondary N) is 1. The molecule has 2 nitrogen and oxygen atoms in total. The van der Waals surface area contributed by atoms with Crippen molar-refractivity contribution in [2.75, 3.05) is 20.3 Å². The third-order valence-corrected chi connectivity index (χ3v) is 3.46. The summed E-state index contributed by atoms with van der Waals surface area (Å²) < 4.78 is 5.20. The summed E-state index contributed by atoms with van der Waals surface area (Å²) in [7, 11) is 1.78. The molecular weight excluding hydrogens is 198 g/mol. The van der Waals surface area contributed by atoms with Crippen LogP contribution in [0.2, 0.25) is 0 Å². The quantitative estimate of drug-likeness (QED) is 0.821. The van der Waals surface area contributed by atoms with E-state index in [1.165, 1.54) is 17.5 Å². The molecule has 0 fully saturated rings. The van der Waals surface area contributed by atoms with E-state index in [1.54, 1.807) is 7.11 Å². The highest BCUT2D eigenvalue weighted by molar-refractivity contribution is 5.35. The Kier molecular flexibility index (Phi) is 3.97. The van der Waals surface area contributed by atoms with Crippen LogP contribution in [0.15, 0.2) is 24.3 Å². The Morgan fingerprint density at radius 1 is 1.38 bits per heavy atom. The van der Waals surface area contributed by atoms with Gasteiger partial charge in [-0.05, 0) is 36.4 Å². The Bertz CT molecular complexity index is 337. The SMILES string of the molecule is CCNC1c2ccccc2CC1CCOC. The minimum atomic E-state index is 0.524. The molecule has 1 N–H and O–H groups in total. The number of rotatable bonds is 5. The Morgan fingerprint density at radius 3 is 2.94 bits per heavy atom. The van der Waals surface area contributed by atoms with Gasteiger partial charge < -0.3 is 10.1 Å². The number of hydrogen-bond donors (Lipinski definition) is 1. The lowest BCUT2D eigenvalue weighted by Gasteiger charge is -2.21. The summed E-state index contributed by atoms with van der Waals surface area (Å²) in [5.41, 5.74) is 3.00. The van der Waals surface area contributed by atoms with E-state index >= 15 is 0 Å². The molecule has 0 radical (unpaired) electrons. The van der Waals surface area contributed by atoms with Crippen LogP contribution in [0.25, 0.3) is 0 Å². The minimum Gasteiger partial charge on any atom is -0.385 e. The molecule has 2 atom stereocenters.